The minimum Gasteiger partial charge on any atom is -0.431 e. The lowest BCUT2D eigenvalue weighted by atomic mass is 10.1. The van der Waals surface area contributed by atoms with Gasteiger partial charge in [-0.1, -0.05) is 36.4 Å². The van der Waals surface area contributed by atoms with Crippen molar-refractivity contribution >= 4 is 44.2 Å². The molecule has 0 aliphatic rings. The Balaban J connectivity index is 1.78. The van der Waals surface area contributed by atoms with E-state index in [1.165, 1.54) is 13.0 Å². The summed E-state index contributed by atoms with van der Waals surface area (Å²) in [6, 6.07) is 18.9. The summed E-state index contributed by atoms with van der Waals surface area (Å²) < 4.78 is 30.1. The number of aromatic nitrogens is 2. The van der Waals surface area contributed by atoms with Crippen molar-refractivity contribution in [3.05, 3.63) is 88.1 Å². The first-order valence-corrected chi connectivity index (χ1v) is 11.4. The number of hydrogen-bond donors (Lipinski definition) is 1. The molecule has 8 heteroatoms. The molecule has 4 aromatic rings. The molecule has 0 atom stereocenters. The summed E-state index contributed by atoms with van der Waals surface area (Å²) in [4.78, 5) is 20.8. The molecule has 1 aromatic heterocycles. The molecule has 0 saturated carbocycles. The maximum atomic E-state index is 13.0. The van der Waals surface area contributed by atoms with Crippen LogP contribution < -0.4 is 5.32 Å². The van der Waals surface area contributed by atoms with E-state index in [4.69, 9.17) is 0 Å². The van der Waals surface area contributed by atoms with Crippen molar-refractivity contribution in [2.45, 2.75) is 25.7 Å². The molecule has 4 rings (SSSR count). The largest absolute Gasteiger partial charge is 0.431 e. The molecule has 0 fully saturated rings. The molecule has 1 N–H and O–H groups in total. The second-order valence-corrected chi connectivity index (χ2v) is 9.06. The molecule has 0 radical (unpaired) electrons. The zero-order valence-electron chi connectivity index (χ0n) is 17.8. The van der Waals surface area contributed by atoms with Gasteiger partial charge < -0.3 is 15.0 Å². The zero-order valence-corrected chi connectivity index (χ0v) is 18.6. The van der Waals surface area contributed by atoms with Gasteiger partial charge in [-0.3, -0.25) is 4.79 Å². The van der Waals surface area contributed by atoms with Gasteiger partial charge in [0.2, 0.25) is 10.0 Å². The Bertz CT molecular complexity index is 1450. The number of rotatable bonds is 6. The molecule has 0 unspecified atom stereocenters. The molecule has 32 heavy (non-hydrogen) atoms. The van der Waals surface area contributed by atoms with Gasteiger partial charge in [-0.25, -0.2) is 13.4 Å². The monoisotopic (exact) mass is 445 g/mol. The third kappa shape index (κ3) is 4.45. The van der Waals surface area contributed by atoms with Crippen LogP contribution in [0.1, 0.15) is 28.4 Å². The number of ketones is 1. The number of hydrogen-bond acceptors (Lipinski definition) is 6. The number of nitrogens with zero attached hydrogens (tertiary/aromatic N) is 3. The number of fused-ring (bicyclic) bond motifs is 1. The van der Waals surface area contributed by atoms with E-state index in [2.05, 4.69) is 20.0 Å². The topological polar surface area (TPSA) is 103 Å². The number of aryl methyl sites for hydroxylation is 2. The van der Waals surface area contributed by atoms with Crippen molar-refractivity contribution in [1.29, 1.82) is 0 Å². The minimum atomic E-state index is -4.03. The summed E-state index contributed by atoms with van der Waals surface area (Å²) in [6.45, 7) is 5.24. The highest BCUT2D eigenvalue weighted by atomic mass is 32.2. The number of sulfonamides is 1. The van der Waals surface area contributed by atoms with Crippen LogP contribution in [-0.2, 0) is 10.0 Å². The van der Waals surface area contributed by atoms with Crippen molar-refractivity contribution in [2.75, 3.05) is 5.32 Å². The molecule has 0 spiro atoms. The number of carbonyl (C=O) groups is 1. The number of Topliss-reactive ketones (excluding diaryl/α,β-unsaturated/α-hetero) is 1. The molecular weight excluding hydrogens is 424 g/mol. The van der Waals surface area contributed by atoms with E-state index in [0.29, 0.717) is 22.3 Å². The SMILES string of the molecule is CC(=O)c1cccc(Nc2nc3ccccc3nc2[N-]S(=O)(=O)c2ccc(C)c(C)c2)c1. The normalized spacial score (nSPS) is 11.3. The van der Waals surface area contributed by atoms with Crippen LogP contribution in [0.25, 0.3) is 15.8 Å². The lowest BCUT2D eigenvalue weighted by Crippen LogP contribution is -2.03. The Morgan fingerprint density at radius 2 is 1.59 bits per heavy atom. The Hall–Kier alpha value is -3.78. The lowest BCUT2D eigenvalue weighted by Gasteiger charge is -2.21. The fraction of sp³-hybridized carbons (Fsp3) is 0.125. The van der Waals surface area contributed by atoms with Crippen LogP contribution in [0.4, 0.5) is 17.3 Å². The number of para-hydroxylation sites is 2. The van der Waals surface area contributed by atoms with Gasteiger partial charge >= 0.3 is 0 Å². The molecule has 3 aromatic carbocycles. The summed E-state index contributed by atoms with van der Waals surface area (Å²) in [5.74, 6) is 0.0347. The summed E-state index contributed by atoms with van der Waals surface area (Å²) in [5.41, 5.74) is 4.03. The van der Waals surface area contributed by atoms with E-state index in [-0.39, 0.29) is 22.3 Å². The predicted octanol–water partition coefficient (Wildman–Crippen LogP) is 5.59. The number of carbonyl (C=O) groups excluding carboxylic acids is 1. The van der Waals surface area contributed by atoms with Gasteiger partial charge in [-0.2, -0.15) is 0 Å². The lowest BCUT2D eigenvalue weighted by molar-refractivity contribution is 0.101. The van der Waals surface area contributed by atoms with Gasteiger partial charge in [0.05, 0.1) is 10.4 Å². The van der Waals surface area contributed by atoms with E-state index >= 15 is 0 Å². The fourth-order valence-electron chi connectivity index (χ4n) is 3.13. The van der Waals surface area contributed by atoms with Crippen molar-refractivity contribution in [3.8, 4) is 0 Å². The van der Waals surface area contributed by atoms with E-state index in [9.17, 15) is 13.2 Å². The van der Waals surface area contributed by atoms with Crippen LogP contribution in [0.2, 0.25) is 0 Å². The van der Waals surface area contributed by atoms with E-state index < -0.39 is 10.0 Å². The highest BCUT2D eigenvalue weighted by Gasteiger charge is 2.14. The van der Waals surface area contributed by atoms with Crippen LogP contribution >= 0.6 is 0 Å². The summed E-state index contributed by atoms with van der Waals surface area (Å²) in [7, 11) is -4.03. The van der Waals surface area contributed by atoms with E-state index in [1.54, 1.807) is 54.6 Å². The van der Waals surface area contributed by atoms with Gasteiger partial charge in [0.15, 0.2) is 5.78 Å². The second-order valence-electron chi connectivity index (χ2n) is 7.46. The Morgan fingerprint density at radius 3 is 2.28 bits per heavy atom. The number of nitrogens with one attached hydrogen (secondary N) is 1. The van der Waals surface area contributed by atoms with Gasteiger partial charge in [0, 0.05) is 11.3 Å². The molecule has 7 nitrogen and oxygen atoms in total. The van der Waals surface area contributed by atoms with Crippen molar-refractivity contribution in [2.24, 2.45) is 0 Å². The van der Waals surface area contributed by atoms with Gasteiger partial charge in [-0.05, 0) is 73.6 Å². The van der Waals surface area contributed by atoms with Gasteiger partial charge in [0.25, 0.3) is 0 Å². The highest BCUT2D eigenvalue weighted by Crippen LogP contribution is 2.35. The van der Waals surface area contributed by atoms with Crippen molar-refractivity contribution in [1.82, 2.24) is 9.97 Å². The first kappa shape index (κ1) is 21.5. The maximum Gasteiger partial charge on any atom is 0.202 e. The van der Waals surface area contributed by atoms with Crippen LogP contribution in [0.5, 0.6) is 0 Å². The zero-order chi connectivity index (χ0) is 22.9. The quantitative estimate of drug-likeness (QED) is 0.388. The Labute approximate surface area is 186 Å². The third-order valence-electron chi connectivity index (χ3n) is 5.07. The predicted molar refractivity (Wildman–Crippen MR) is 125 cm³/mol. The Kier molecular flexibility index (Phi) is 5.63. The smallest absolute Gasteiger partial charge is 0.202 e. The number of benzene rings is 3. The molecule has 0 saturated heterocycles. The third-order valence-corrected chi connectivity index (χ3v) is 6.33. The standard InChI is InChI=1S/C24H21N4O3S/c1-15-11-12-20(13-16(15)2)32(30,31)28-24-23(26-21-9-4-5-10-22(21)27-24)25-19-8-6-7-18(14-19)17(3)29/h4-14H,1-3H3,(H-,25,26,27,28)/q-1. The van der Waals surface area contributed by atoms with Crippen LogP contribution in [0, 0.1) is 13.8 Å². The molecule has 0 aliphatic carbocycles. The van der Waals surface area contributed by atoms with Crippen molar-refractivity contribution < 1.29 is 13.2 Å². The molecule has 0 aliphatic heterocycles. The average Bonchev–Trinajstić information content (AvgIpc) is 2.76. The molecule has 0 amide bonds. The van der Waals surface area contributed by atoms with Crippen LogP contribution in [0.3, 0.4) is 0 Å². The summed E-state index contributed by atoms with van der Waals surface area (Å²) >= 11 is 0. The van der Waals surface area contributed by atoms with Gasteiger partial charge in [0.1, 0.15) is 5.82 Å². The van der Waals surface area contributed by atoms with Crippen molar-refractivity contribution in [3.63, 3.8) is 0 Å². The number of anilines is 2. The first-order valence-electron chi connectivity index (χ1n) is 9.93. The average molecular weight is 446 g/mol. The van der Waals surface area contributed by atoms with Crippen LogP contribution in [0.15, 0.2) is 71.6 Å². The first-order chi connectivity index (χ1) is 15.2. The molecular formula is C24H21N4O3S-. The van der Waals surface area contributed by atoms with E-state index in [1.807, 2.05) is 19.9 Å². The maximum absolute atomic E-state index is 13.0. The minimum absolute atomic E-state index is 0.0600. The van der Waals surface area contributed by atoms with E-state index in [0.717, 1.165) is 11.1 Å². The van der Waals surface area contributed by atoms with Crippen LogP contribution in [-0.4, -0.2) is 24.2 Å². The summed E-state index contributed by atoms with van der Waals surface area (Å²) in [6.07, 6.45) is 0. The molecule has 0 bridgehead atoms. The Morgan fingerprint density at radius 1 is 0.875 bits per heavy atom. The van der Waals surface area contributed by atoms with Gasteiger partial charge in [-0.15, -0.1) is 0 Å². The highest BCUT2D eigenvalue weighted by molar-refractivity contribution is 7.94. The fourth-order valence-corrected chi connectivity index (χ4v) is 4.16. The summed E-state index contributed by atoms with van der Waals surface area (Å²) in [5, 5.41) is 3.07. The second kappa shape index (κ2) is 8.39. The molecule has 1 heterocycles. The molecule has 162 valence electrons.